The first-order chi connectivity index (χ1) is 9.85. The van der Waals surface area contributed by atoms with Gasteiger partial charge in [0.2, 0.25) is 0 Å². The second kappa shape index (κ2) is 6.44. The van der Waals surface area contributed by atoms with E-state index in [2.05, 4.69) is 26.2 Å². The highest BCUT2D eigenvalue weighted by Gasteiger charge is 2.23. The van der Waals surface area contributed by atoms with Crippen LogP contribution in [0.5, 0.6) is 0 Å². The van der Waals surface area contributed by atoms with Crippen LogP contribution in [0.25, 0.3) is 0 Å². The van der Waals surface area contributed by atoms with Gasteiger partial charge in [0.1, 0.15) is 0 Å². The molecule has 2 aliphatic rings. The van der Waals surface area contributed by atoms with E-state index in [4.69, 9.17) is 0 Å². The van der Waals surface area contributed by atoms with E-state index in [1.54, 1.807) is 0 Å². The predicted octanol–water partition coefficient (Wildman–Crippen LogP) is 2.44. The number of nitrogens with zero attached hydrogens (tertiary/aromatic N) is 3. The first kappa shape index (κ1) is 13.7. The molecule has 3 heterocycles. The average Bonchev–Trinajstić information content (AvgIpc) is 3.01. The van der Waals surface area contributed by atoms with Gasteiger partial charge >= 0.3 is 0 Å². The fourth-order valence-corrected chi connectivity index (χ4v) is 3.44. The van der Waals surface area contributed by atoms with E-state index in [1.807, 2.05) is 19.4 Å². The quantitative estimate of drug-likeness (QED) is 0.914. The van der Waals surface area contributed by atoms with Crippen molar-refractivity contribution in [2.24, 2.45) is 5.92 Å². The molecule has 0 unspecified atom stereocenters. The molecule has 0 saturated carbocycles. The molecule has 0 aromatic carbocycles. The number of piperidine rings is 1. The number of likely N-dealkylation sites (tertiary alicyclic amines) is 1. The Hall–Kier alpha value is -1.29. The zero-order valence-corrected chi connectivity index (χ0v) is 12.5. The zero-order chi connectivity index (χ0) is 13.8. The van der Waals surface area contributed by atoms with E-state index < -0.39 is 0 Å². The van der Waals surface area contributed by atoms with Crippen LogP contribution in [-0.2, 0) is 0 Å². The fraction of sp³-hybridized carbons (Fsp3) is 0.688. The molecule has 2 aliphatic heterocycles. The van der Waals surface area contributed by atoms with Crippen molar-refractivity contribution in [3.63, 3.8) is 0 Å². The zero-order valence-electron chi connectivity index (χ0n) is 12.5. The minimum Gasteiger partial charge on any atom is -0.387 e. The van der Waals surface area contributed by atoms with Gasteiger partial charge in [-0.15, -0.1) is 0 Å². The monoisotopic (exact) mass is 274 g/mol. The highest BCUT2D eigenvalue weighted by Crippen LogP contribution is 2.25. The minimum atomic E-state index is 0.893. The van der Waals surface area contributed by atoms with Gasteiger partial charge < -0.3 is 15.1 Å². The van der Waals surface area contributed by atoms with E-state index in [9.17, 15) is 0 Å². The SMILES string of the molecule is CNc1cncc(N2CCC(CN3CCCC3)CC2)c1. The average molecular weight is 274 g/mol. The molecule has 20 heavy (non-hydrogen) atoms. The van der Waals surface area contributed by atoms with Gasteiger partial charge in [0.15, 0.2) is 0 Å². The maximum Gasteiger partial charge on any atom is 0.0573 e. The van der Waals surface area contributed by atoms with Gasteiger partial charge in [0.25, 0.3) is 0 Å². The Morgan fingerprint density at radius 1 is 1.15 bits per heavy atom. The van der Waals surface area contributed by atoms with Crippen LogP contribution >= 0.6 is 0 Å². The smallest absolute Gasteiger partial charge is 0.0573 e. The molecule has 0 radical (unpaired) electrons. The van der Waals surface area contributed by atoms with Gasteiger partial charge in [-0.2, -0.15) is 0 Å². The maximum atomic E-state index is 4.32. The molecule has 1 aromatic heterocycles. The van der Waals surface area contributed by atoms with Crippen molar-refractivity contribution < 1.29 is 0 Å². The lowest BCUT2D eigenvalue weighted by atomic mass is 9.96. The Balaban J connectivity index is 1.52. The van der Waals surface area contributed by atoms with Crippen LogP contribution < -0.4 is 10.2 Å². The molecule has 4 heteroatoms. The van der Waals surface area contributed by atoms with Crippen molar-refractivity contribution in [2.75, 3.05) is 50.0 Å². The molecule has 1 aromatic rings. The molecule has 2 fully saturated rings. The summed E-state index contributed by atoms with van der Waals surface area (Å²) in [5.74, 6) is 0.893. The summed E-state index contributed by atoms with van der Waals surface area (Å²) in [6.07, 6.45) is 9.31. The molecule has 0 aliphatic carbocycles. The normalized spacial score (nSPS) is 21.4. The Morgan fingerprint density at radius 3 is 2.60 bits per heavy atom. The lowest BCUT2D eigenvalue weighted by Crippen LogP contribution is -2.38. The van der Waals surface area contributed by atoms with Crippen LogP contribution in [0.4, 0.5) is 11.4 Å². The van der Waals surface area contributed by atoms with Crippen molar-refractivity contribution in [1.82, 2.24) is 9.88 Å². The first-order valence-corrected chi connectivity index (χ1v) is 7.95. The van der Waals surface area contributed by atoms with E-state index in [0.717, 1.165) is 11.6 Å². The van der Waals surface area contributed by atoms with Crippen molar-refractivity contribution >= 4 is 11.4 Å². The number of anilines is 2. The third-order valence-electron chi connectivity index (χ3n) is 4.71. The number of aromatic nitrogens is 1. The van der Waals surface area contributed by atoms with E-state index in [-0.39, 0.29) is 0 Å². The van der Waals surface area contributed by atoms with Gasteiger partial charge in [0.05, 0.1) is 23.8 Å². The van der Waals surface area contributed by atoms with Crippen molar-refractivity contribution in [2.45, 2.75) is 25.7 Å². The molecule has 110 valence electrons. The second-order valence-electron chi connectivity index (χ2n) is 6.12. The topological polar surface area (TPSA) is 31.4 Å². The van der Waals surface area contributed by atoms with Crippen LogP contribution in [-0.4, -0.2) is 49.7 Å². The molecular formula is C16H26N4. The number of rotatable bonds is 4. The second-order valence-corrected chi connectivity index (χ2v) is 6.12. The molecule has 0 spiro atoms. The third kappa shape index (κ3) is 3.23. The summed E-state index contributed by atoms with van der Waals surface area (Å²) >= 11 is 0. The summed E-state index contributed by atoms with van der Waals surface area (Å²) in [6, 6.07) is 2.20. The molecule has 0 atom stereocenters. The van der Waals surface area contributed by atoms with Crippen LogP contribution in [0.3, 0.4) is 0 Å². The van der Waals surface area contributed by atoms with Gasteiger partial charge in [-0.05, 0) is 50.8 Å². The lowest BCUT2D eigenvalue weighted by Gasteiger charge is -2.35. The first-order valence-electron chi connectivity index (χ1n) is 7.95. The largest absolute Gasteiger partial charge is 0.387 e. The maximum absolute atomic E-state index is 4.32. The van der Waals surface area contributed by atoms with E-state index in [0.29, 0.717) is 0 Å². The van der Waals surface area contributed by atoms with Crippen molar-refractivity contribution in [3.8, 4) is 0 Å². The molecule has 0 bridgehead atoms. The van der Waals surface area contributed by atoms with Gasteiger partial charge in [-0.25, -0.2) is 0 Å². The third-order valence-corrected chi connectivity index (χ3v) is 4.71. The Kier molecular flexibility index (Phi) is 4.41. The van der Waals surface area contributed by atoms with Crippen LogP contribution in [0.2, 0.25) is 0 Å². The molecule has 0 amide bonds. The van der Waals surface area contributed by atoms with E-state index in [1.165, 1.54) is 64.1 Å². The standard InChI is InChI=1S/C16H26N4/c1-17-15-10-16(12-18-11-15)20-8-4-14(5-9-20)13-19-6-2-3-7-19/h10-12,14,17H,2-9,13H2,1H3. The highest BCUT2D eigenvalue weighted by molar-refractivity contribution is 5.55. The molecule has 4 nitrogen and oxygen atoms in total. The molecular weight excluding hydrogens is 248 g/mol. The number of hydrogen-bond acceptors (Lipinski definition) is 4. The fourth-order valence-electron chi connectivity index (χ4n) is 3.44. The lowest BCUT2D eigenvalue weighted by molar-refractivity contribution is 0.249. The summed E-state index contributed by atoms with van der Waals surface area (Å²) in [4.78, 5) is 9.46. The molecule has 2 saturated heterocycles. The number of hydrogen-bond donors (Lipinski definition) is 1. The minimum absolute atomic E-state index is 0.893. The highest BCUT2D eigenvalue weighted by atomic mass is 15.2. The van der Waals surface area contributed by atoms with Crippen molar-refractivity contribution in [1.29, 1.82) is 0 Å². The predicted molar refractivity (Wildman–Crippen MR) is 84.4 cm³/mol. The van der Waals surface area contributed by atoms with Crippen LogP contribution in [0, 0.1) is 5.92 Å². The van der Waals surface area contributed by atoms with Crippen LogP contribution in [0.1, 0.15) is 25.7 Å². The summed E-state index contributed by atoms with van der Waals surface area (Å²) in [5, 5.41) is 3.17. The Morgan fingerprint density at radius 2 is 1.90 bits per heavy atom. The summed E-state index contributed by atoms with van der Waals surface area (Å²) in [7, 11) is 1.95. The summed E-state index contributed by atoms with van der Waals surface area (Å²) in [5.41, 5.74) is 2.36. The van der Waals surface area contributed by atoms with Gasteiger partial charge in [-0.1, -0.05) is 0 Å². The van der Waals surface area contributed by atoms with Crippen LogP contribution in [0.15, 0.2) is 18.5 Å². The molecule has 1 N–H and O–H groups in total. The molecule has 3 rings (SSSR count). The summed E-state index contributed by atoms with van der Waals surface area (Å²) in [6.45, 7) is 6.33. The Bertz CT molecular complexity index is 420. The van der Waals surface area contributed by atoms with E-state index >= 15 is 0 Å². The Labute approximate surface area is 122 Å². The van der Waals surface area contributed by atoms with Crippen molar-refractivity contribution in [3.05, 3.63) is 18.5 Å². The number of pyridine rings is 1. The number of nitrogens with one attached hydrogen (secondary N) is 1. The van der Waals surface area contributed by atoms with Gasteiger partial charge in [0, 0.05) is 26.7 Å². The summed E-state index contributed by atoms with van der Waals surface area (Å²) < 4.78 is 0. The van der Waals surface area contributed by atoms with Gasteiger partial charge in [-0.3, -0.25) is 4.98 Å².